The van der Waals surface area contributed by atoms with E-state index in [1.165, 1.54) is 0 Å². The molecule has 0 aliphatic heterocycles. The minimum atomic E-state index is -0.159. The van der Waals surface area contributed by atoms with Gasteiger partial charge in [0.2, 0.25) is 0 Å². The summed E-state index contributed by atoms with van der Waals surface area (Å²) in [6.45, 7) is 2.64. The minimum absolute atomic E-state index is 0.109. The number of halogens is 1. The summed E-state index contributed by atoms with van der Waals surface area (Å²) in [6.07, 6.45) is -0.109. The number of ether oxygens (including phenoxy) is 1. The number of benzene rings is 1. The predicted octanol–water partition coefficient (Wildman–Crippen LogP) is 4.29. The van der Waals surface area contributed by atoms with Crippen LogP contribution in [0, 0.1) is 0 Å². The van der Waals surface area contributed by atoms with Gasteiger partial charge in [0.25, 0.3) is 0 Å². The molecule has 0 fully saturated rings. The van der Waals surface area contributed by atoms with Crippen molar-refractivity contribution in [2.45, 2.75) is 19.1 Å². The largest absolute Gasteiger partial charge is 0.372 e. The molecule has 1 heterocycles. The van der Waals surface area contributed by atoms with Crippen molar-refractivity contribution < 1.29 is 4.74 Å². The van der Waals surface area contributed by atoms with E-state index in [9.17, 15) is 0 Å². The molecule has 1 aromatic heterocycles. The number of nitrogens with two attached hydrogens (primary N) is 1. The molecule has 2 aromatic rings. The average Bonchev–Trinajstić information content (AvgIpc) is 2.82. The Bertz CT molecular complexity index is 486. The second kappa shape index (κ2) is 6.48. The Balaban J connectivity index is 2.28. The van der Waals surface area contributed by atoms with Crippen LogP contribution < -0.4 is 5.73 Å². The van der Waals surface area contributed by atoms with Gasteiger partial charge in [-0.25, -0.2) is 0 Å². The Hall–Kier alpha value is -0.680. The van der Waals surface area contributed by atoms with E-state index in [0.717, 1.165) is 15.6 Å². The van der Waals surface area contributed by atoms with Crippen LogP contribution in [0.1, 0.15) is 30.2 Å². The lowest BCUT2D eigenvalue weighted by molar-refractivity contribution is 0.0429. The number of rotatable bonds is 5. The molecule has 0 saturated carbocycles. The molecule has 0 saturated heterocycles. The smallest absolute Gasteiger partial charge is 0.102 e. The fourth-order valence-corrected chi connectivity index (χ4v) is 3.53. The van der Waals surface area contributed by atoms with Crippen LogP contribution in [-0.2, 0) is 4.74 Å². The Kier molecular flexibility index (Phi) is 4.95. The molecule has 96 valence electrons. The standard InChI is InChI=1S/C14H16BrNOS/c1-2-17-14(10-6-4-3-5-7-10)13(16)11-8-18-9-12(11)15/h3-9,13-14H,2,16H2,1H3. The summed E-state index contributed by atoms with van der Waals surface area (Å²) in [4.78, 5) is 0. The Morgan fingerprint density at radius 3 is 2.56 bits per heavy atom. The second-order valence-corrected chi connectivity index (χ2v) is 5.59. The lowest BCUT2D eigenvalue weighted by Crippen LogP contribution is -2.22. The van der Waals surface area contributed by atoms with E-state index < -0.39 is 0 Å². The maximum absolute atomic E-state index is 6.35. The summed E-state index contributed by atoms with van der Waals surface area (Å²) in [7, 11) is 0. The first-order valence-corrected chi connectivity index (χ1v) is 7.61. The zero-order valence-corrected chi connectivity index (χ0v) is 12.6. The van der Waals surface area contributed by atoms with Gasteiger partial charge in [0.1, 0.15) is 6.10 Å². The molecule has 0 aliphatic carbocycles. The highest BCUT2D eigenvalue weighted by molar-refractivity contribution is 9.10. The molecule has 0 bridgehead atoms. The molecule has 2 unspecified atom stereocenters. The maximum atomic E-state index is 6.35. The van der Waals surface area contributed by atoms with Crippen LogP contribution in [0.3, 0.4) is 0 Å². The van der Waals surface area contributed by atoms with Crippen LogP contribution >= 0.6 is 27.3 Å². The molecule has 0 spiro atoms. The summed E-state index contributed by atoms with van der Waals surface area (Å²) in [5.74, 6) is 0. The fraction of sp³-hybridized carbons (Fsp3) is 0.286. The molecule has 2 N–H and O–H groups in total. The lowest BCUT2D eigenvalue weighted by atomic mass is 9.98. The first kappa shape index (κ1) is 13.7. The molecular weight excluding hydrogens is 310 g/mol. The first-order chi connectivity index (χ1) is 8.74. The van der Waals surface area contributed by atoms with Crippen LogP contribution in [0.5, 0.6) is 0 Å². The van der Waals surface area contributed by atoms with Crippen LogP contribution in [0.2, 0.25) is 0 Å². The van der Waals surface area contributed by atoms with E-state index in [-0.39, 0.29) is 12.1 Å². The average molecular weight is 326 g/mol. The van der Waals surface area contributed by atoms with Gasteiger partial charge < -0.3 is 10.5 Å². The summed E-state index contributed by atoms with van der Waals surface area (Å²) in [5, 5.41) is 4.12. The zero-order valence-electron chi connectivity index (χ0n) is 10.2. The summed E-state index contributed by atoms with van der Waals surface area (Å²) in [6, 6.07) is 9.97. The van der Waals surface area contributed by atoms with E-state index in [4.69, 9.17) is 10.5 Å². The quantitative estimate of drug-likeness (QED) is 0.890. The van der Waals surface area contributed by atoms with Gasteiger partial charge in [-0.3, -0.25) is 0 Å². The van der Waals surface area contributed by atoms with Crippen molar-refractivity contribution in [2.75, 3.05) is 6.61 Å². The van der Waals surface area contributed by atoms with Gasteiger partial charge in [-0.1, -0.05) is 30.3 Å². The normalized spacial score (nSPS) is 14.4. The third kappa shape index (κ3) is 3.01. The fourth-order valence-electron chi connectivity index (χ4n) is 1.92. The Morgan fingerprint density at radius 1 is 1.28 bits per heavy atom. The van der Waals surface area contributed by atoms with Crippen molar-refractivity contribution in [1.82, 2.24) is 0 Å². The number of hydrogen-bond acceptors (Lipinski definition) is 3. The molecular formula is C14H16BrNOS. The molecule has 2 atom stereocenters. The van der Waals surface area contributed by atoms with Gasteiger partial charge in [0, 0.05) is 16.5 Å². The van der Waals surface area contributed by atoms with Crippen molar-refractivity contribution in [2.24, 2.45) is 5.73 Å². The molecule has 0 radical (unpaired) electrons. The molecule has 18 heavy (non-hydrogen) atoms. The SMILES string of the molecule is CCOC(c1ccccc1)C(N)c1cscc1Br. The van der Waals surface area contributed by atoms with E-state index in [1.54, 1.807) is 11.3 Å². The predicted molar refractivity (Wildman–Crippen MR) is 79.8 cm³/mol. The first-order valence-electron chi connectivity index (χ1n) is 5.87. The van der Waals surface area contributed by atoms with Crippen LogP contribution in [0.25, 0.3) is 0 Å². The number of hydrogen-bond donors (Lipinski definition) is 1. The molecule has 1 aromatic carbocycles. The third-order valence-electron chi connectivity index (χ3n) is 2.80. The zero-order chi connectivity index (χ0) is 13.0. The summed E-state index contributed by atoms with van der Waals surface area (Å²) in [5.41, 5.74) is 8.57. The molecule has 2 nitrogen and oxygen atoms in total. The summed E-state index contributed by atoms with van der Waals surface area (Å²) >= 11 is 5.18. The van der Waals surface area contributed by atoms with Crippen molar-refractivity contribution in [1.29, 1.82) is 0 Å². The second-order valence-electron chi connectivity index (χ2n) is 3.99. The van der Waals surface area contributed by atoms with Gasteiger partial charge in [-0.2, -0.15) is 11.3 Å². The molecule has 4 heteroatoms. The monoisotopic (exact) mass is 325 g/mol. The Labute approximate surface area is 120 Å². The van der Waals surface area contributed by atoms with Crippen molar-refractivity contribution in [3.63, 3.8) is 0 Å². The highest BCUT2D eigenvalue weighted by Gasteiger charge is 2.23. The van der Waals surface area contributed by atoms with E-state index in [1.807, 2.05) is 30.5 Å². The van der Waals surface area contributed by atoms with Crippen molar-refractivity contribution >= 4 is 27.3 Å². The Morgan fingerprint density at radius 2 is 2.00 bits per heavy atom. The van der Waals surface area contributed by atoms with Gasteiger partial charge in [-0.05, 0) is 39.4 Å². The van der Waals surface area contributed by atoms with Crippen LogP contribution in [0.15, 0.2) is 45.6 Å². The maximum Gasteiger partial charge on any atom is 0.102 e. The van der Waals surface area contributed by atoms with Crippen molar-refractivity contribution in [3.05, 3.63) is 56.7 Å². The lowest BCUT2D eigenvalue weighted by Gasteiger charge is -2.24. The van der Waals surface area contributed by atoms with Gasteiger partial charge in [-0.15, -0.1) is 0 Å². The van der Waals surface area contributed by atoms with Crippen LogP contribution in [0.4, 0.5) is 0 Å². The highest BCUT2D eigenvalue weighted by Crippen LogP contribution is 2.35. The van der Waals surface area contributed by atoms with Crippen molar-refractivity contribution in [3.8, 4) is 0 Å². The molecule has 0 amide bonds. The van der Waals surface area contributed by atoms with E-state index >= 15 is 0 Å². The highest BCUT2D eigenvalue weighted by atomic mass is 79.9. The van der Waals surface area contributed by atoms with Gasteiger partial charge in [0.15, 0.2) is 0 Å². The summed E-state index contributed by atoms with van der Waals surface area (Å²) < 4.78 is 6.88. The van der Waals surface area contributed by atoms with Gasteiger partial charge in [0.05, 0.1) is 6.04 Å². The van der Waals surface area contributed by atoms with E-state index in [0.29, 0.717) is 6.61 Å². The molecule has 2 rings (SSSR count). The topological polar surface area (TPSA) is 35.2 Å². The number of thiophene rings is 1. The van der Waals surface area contributed by atoms with Gasteiger partial charge >= 0.3 is 0 Å². The minimum Gasteiger partial charge on any atom is -0.372 e. The van der Waals surface area contributed by atoms with Crippen LogP contribution in [-0.4, -0.2) is 6.61 Å². The van der Waals surface area contributed by atoms with E-state index in [2.05, 4.69) is 33.4 Å². The molecule has 0 aliphatic rings. The third-order valence-corrected chi connectivity index (χ3v) is 4.55.